The maximum absolute atomic E-state index is 12.8. The molecule has 0 spiro atoms. The molecule has 0 saturated heterocycles. The summed E-state index contributed by atoms with van der Waals surface area (Å²) in [7, 11) is 0. The van der Waals surface area contributed by atoms with Gasteiger partial charge in [0.2, 0.25) is 0 Å². The van der Waals surface area contributed by atoms with E-state index in [1.807, 2.05) is 12.1 Å². The maximum Gasteiger partial charge on any atom is 0.123 e. The highest BCUT2D eigenvalue weighted by atomic mass is 19.1. The summed E-state index contributed by atoms with van der Waals surface area (Å²) in [6, 6.07) is 7.89. The molecule has 0 aliphatic heterocycles. The molecular formula is C16H20FN. The lowest BCUT2D eigenvalue weighted by atomic mass is 9.75. The molecule has 0 heterocycles. The summed E-state index contributed by atoms with van der Waals surface area (Å²) in [5.74, 6) is 3.13. The Hall–Kier alpha value is -1.33. The number of rotatable bonds is 5. The van der Waals surface area contributed by atoms with E-state index < -0.39 is 0 Å². The third-order valence-corrected chi connectivity index (χ3v) is 3.81. The zero-order chi connectivity index (χ0) is 13.0. The van der Waals surface area contributed by atoms with Gasteiger partial charge in [0.25, 0.3) is 0 Å². The minimum absolute atomic E-state index is 0.159. The van der Waals surface area contributed by atoms with Gasteiger partial charge in [-0.2, -0.15) is 0 Å². The van der Waals surface area contributed by atoms with Gasteiger partial charge in [-0.3, -0.25) is 0 Å². The monoisotopic (exact) mass is 245 g/mol. The number of halogens is 1. The van der Waals surface area contributed by atoms with Gasteiger partial charge in [0.1, 0.15) is 5.82 Å². The van der Waals surface area contributed by atoms with E-state index in [0.717, 1.165) is 25.7 Å². The zero-order valence-corrected chi connectivity index (χ0v) is 10.8. The molecule has 1 unspecified atom stereocenters. The molecule has 0 radical (unpaired) electrons. The van der Waals surface area contributed by atoms with E-state index in [-0.39, 0.29) is 5.82 Å². The van der Waals surface area contributed by atoms with Crippen LogP contribution in [0.3, 0.4) is 0 Å². The molecular weight excluding hydrogens is 225 g/mol. The molecule has 0 aromatic heterocycles. The lowest BCUT2D eigenvalue weighted by Crippen LogP contribution is -2.45. The number of hydrogen-bond acceptors (Lipinski definition) is 1. The van der Waals surface area contributed by atoms with Crippen LogP contribution in [0.1, 0.15) is 44.1 Å². The number of nitrogens with one attached hydrogen (secondary N) is 1. The predicted molar refractivity (Wildman–Crippen MR) is 72.8 cm³/mol. The SMILES string of the molecule is C#CCC(CC)NC1CC(c2ccc(F)cc2)C1. The van der Waals surface area contributed by atoms with E-state index in [9.17, 15) is 4.39 Å². The van der Waals surface area contributed by atoms with Crippen molar-refractivity contribution in [3.63, 3.8) is 0 Å². The van der Waals surface area contributed by atoms with Gasteiger partial charge < -0.3 is 5.32 Å². The standard InChI is InChI=1S/C16H20FN/c1-3-5-15(4-2)18-16-10-13(11-16)12-6-8-14(17)9-7-12/h1,6-9,13,15-16,18H,4-5,10-11H2,2H3. The first-order valence-corrected chi connectivity index (χ1v) is 6.68. The van der Waals surface area contributed by atoms with E-state index in [0.29, 0.717) is 18.0 Å². The molecule has 18 heavy (non-hydrogen) atoms. The van der Waals surface area contributed by atoms with Gasteiger partial charge in [0.05, 0.1) is 0 Å². The van der Waals surface area contributed by atoms with Crippen molar-refractivity contribution in [3.05, 3.63) is 35.6 Å². The van der Waals surface area contributed by atoms with Gasteiger partial charge in [-0.25, -0.2) is 4.39 Å². The molecule has 0 amide bonds. The average molecular weight is 245 g/mol. The van der Waals surface area contributed by atoms with Crippen molar-refractivity contribution in [1.82, 2.24) is 5.32 Å². The van der Waals surface area contributed by atoms with Crippen LogP contribution in [-0.2, 0) is 0 Å². The largest absolute Gasteiger partial charge is 0.310 e. The highest BCUT2D eigenvalue weighted by Crippen LogP contribution is 2.37. The first kappa shape index (κ1) is 13.1. The Morgan fingerprint density at radius 2 is 2.06 bits per heavy atom. The van der Waals surface area contributed by atoms with Crippen LogP contribution in [0.4, 0.5) is 4.39 Å². The molecule has 96 valence electrons. The molecule has 1 aromatic rings. The van der Waals surface area contributed by atoms with E-state index in [1.54, 1.807) is 12.1 Å². The second-order valence-corrected chi connectivity index (χ2v) is 5.10. The van der Waals surface area contributed by atoms with Crippen molar-refractivity contribution in [2.45, 2.75) is 50.6 Å². The topological polar surface area (TPSA) is 12.0 Å². The number of terminal acetylenes is 1. The van der Waals surface area contributed by atoms with Crippen LogP contribution in [0.5, 0.6) is 0 Å². The summed E-state index contributed by atoms with van der Waals surface area (Å²) in [5.41, 5.74) is 1.25. The van der Waals surface area contributed by atoms with Crippen LogP contribution >= 0.6 is 0 Å². The Kier molecular flexibility index (Phi) is 4.38. The normalized spacial score (nSPS) is 24.1. The Morgan fingerprint density at radius 1 is 1.39 bits per heavy atom. The van der Waals surface area contributed by atoms with Crippen molar-refractivity contribution >= 4 is 0 Å². The van der Waals surface area contributed by atoms with Gasteiger partial charge in [-0.15, -0.1) is 12.3 Å². The van der Waals surface area contributed by atoms with E-state index in [4.69, 9.17) is 6.42 Å². The van der Waals surface area contributed by atoms with Crippen molar-refractivity contribution in [2.75, 3.05) is 0 Å². The van der Waals surface area contributed by atoms with Crippen LogP contribution in [0, 0.1) is 18.2 Å². The van der Waals surface area contributed by atoms with Crippen molar-refractivity contribution in [2.24, 2.45) is 0 Å². The van der Waals surface area contributed by atoms with Gasteiger partial charge in [0.15, 0.2) is 0 Å². The third kappa shape index (κ3) is 3.11. The van der Waals surface area contributed by atoms with Gasteiger partial charge >= 0.3 is 0 Å². The fraction of sp³-hybridized carbons (Fsp3) is 0.500. The Morgan fingerprint density at radius 3 is 2.61 bits per heavy atom. The molecule has 1 aliphatic carbocycles. The van der Waals surface area contributed by atoms with Crippen LogP contribution in [0.25, 0.3) is 0 Å². The first-order valence-electron chi connectivity index (χ1n) is 6.68. The highest BCUT2D eigenvalue weighted by molar-refractivity contribution is 5.23. The second kappa shape index (κ2) is 6.02. The lowest BCUT2D eigenvalue weighted by Gasteiger charge is -2.38. The summed E-state index contributed by atoms with van der Waals surface area (Å²) in [6.07, 6.45) is 9.48. The average Bonchev–Trinajstić information content (AvgIpc) is 2.33. The van der Waals surface area contributed by atoms with Crippen LogP contribution < -0.4 is 5.32 Å². The van der Waals surface area contributed by atoms with Crippen LogP contribution in [0.15, 0.2) is 24.3 Å². The zero-order valence-electron chi connectivity index (χ0n) is 10.8. The number of hydrogen-bond donors (Lipinski definition) is 1. The summed E-state index contributed by atoms with van der Waals surface area (Å²) in [4.78, 5) is 0. The van der Waals surface area contributed by atoms with E-state index in [2.05, 4.69) is 18.2 Å². The molecule has 1 fully saturated rings. The molecule has 1 nitrogen and oxygen atoms in total. The molecule has 0 bridgehead atoms. The van der Waals surface area contributed by atoms with Gasteiger partial charge in [0, 0.05) is 18.5 Å². The van der Waals surface area contributed by atoms with Crippen molar-refractivity contribution in [1.29, 1.82) is 0 Å². The Bertz CT molecular complexity index is 412. The predicted octanol–water partition coefficient (Wildman–Crippen LogP) is 3.46. The number of benzene rings is 1. The maximum atomic E-state index is 12.8. The third-order valence-electron chi connectivity index (χ3n) is 3.81. The lowest BCUT2D eigenvalue weighted by molar-refractivity contribution is 0.262. The van der Waals surface area contributed by atoms with Crippen molar-refractivity contribution < 1.29 is 4.39 Å². The summed E-state index contributed by atoms with van der Waals surface area (Å²) in [5, 5.41) is 3.60. The van der Waals surface area contributed by atoms with Gasteiger partial charge in [-0.05, 0) is 42.9 Å². The minimum Gasteiger partial charge on any atom is -0.310 e. The molecule has 2 heteroatoms. The molecule has 1 aliphatic rings. The first-order chi connectivity index (χ1) is 8.72. The summed E-state index contributed by atoms with van der Waals surface area (Å²) in [6.45, 7) is 2.16. The minimum atomic E-state index is -0.159. The fourth-order valence-corrected chi connectivity index (χ4v) is 2.56. The molecule has 1 atom stereocenters. The van der Waals surface area contributed by atoms with Crippen LogP contribution in [-0.4, -0.2) is 12.1 Å². The summed E-state index contributed by atoms with van der Waals surface area (Å²) < 4.78 is 12.8. The quantitative estimate of drug-likeness (QED) is 0.783. The molecule has 1 saturated carbocycles. The Labute approximate surface area is 109 Å². The van der Waals surface area contributed by atoms with Crippen molar-refractivity contribution in [3.8, 4) is 12.3 Å². The van der Waals surface area contributed by atoms with Crippen LogP contribution in [0.2, 0.25) is 0 Å². The highest BCUT2D eigenvalue weighted by Gasteiger charge is 2.31. The summed E-state index contributed by atoms with van der Waals surface area (Å²) >= 11 is 0. The molecule has 1 aromatic carbocycles. The Balaban J connectivity index is 1.80. The molecule has 2 rings (SSSR count). The molecule has 1 N–H and O–H groups in total. The van der Waals surface area contributed by atoms with E-state index >= 15 is 0 Å². The fourth-order valence-electron chi connectivity index (χ4n) is 2.56. The van der Waals surface area contributed by atoms with Gasteiger partial charge in [-0.1, -0.05) is 19.1 Å². The van der Waals surface area contributed by atoms with E-state index in [1.165, 1.54) is 5.56 Å². The second-order valence-electron chi connectivity index (χ2n) is 5.10. The smallest absolute Gasteiger partial charge is 0.123 e.